The zero-order valence-electron chi connectivity index (χ0n) is 13.5. The Morgan fingerprint density at radius 3 is 2.09 bits per heavy atom. The average Bonchev–Trinajstić information content (AvgIpc) is 2.55. The van der Waals surface area contributed by atoms with Crippen LogP contribution < -0.4 is 9.80 Å². The third-order valence-corrected chi connectivity index (χ3v) is 4.40. The first-order valence-corrected chi connectivity index (χ1v) is 7.86. The summed E-state index contributed by atoms with van der Waals surface area (Å²) >= 11 is 0. The van der Waals surface area contributed by atoms with E-state index in [1.807, 2.05) is 12.1 Å². The zero-order chi connectivity index (χ0) is 16.4. The van der Waals surface area contributed by atoms with Crippen LogP contribution in [0.5, 0.6) is 0 Å². The van der Waals surface area contributed by atoms with Gasteiger partial charge >= 0.3 is 0 Å². The number of nitrogens with zero attached hydrogens (tertiary/aromatic N) is 3. The van der Waals surface area contributed by atoms with E-state index in [4.69, 9.17) is 0 Å². The summed E-state index contributed by atoms with van der Waals surface area (Å²) in [5, 5.41) is 10.7. The predicted molar refractivity (Wildman–Crippen MR) is 93.4 cm³/mol. The van der Waals surface area contributed by atoms with Gasteiger partial charge in [-0.3, -0.25) is 10.1 Å². The maximum atomic E-state index is 10.7. The summed E-state index contributed by atoms with van der Waals surface area (Å²) in [5.41, 5.74) is 5.10. The fourth-order valence-corrected chi connectivity index (χ4v) is 3.15. The van der Waals surface area contributed by atoms with Crippen molar-refractivity contribution in [2.24, 2.45) is 0 Å². The highest BCUT2D eigenvalue weighted by Crippen LogP contribution is 2.25. The smallest absolute Gasteiger partial charge is 0.269 e. The van der Waals surface area contributed by atoms with E-state index in [0.29, 0.717) is 0 Å². The van der Waals surface area contributed by atoms with Gasteiger partial charge < -0.3 is 9.80 Å². The number of nitro benzene ring substituents is 1. The lowest BCUT2D eigenvalue weighted by atomic mass is 10.1. The van der Waals surface area contributed by atoms with Gasteiger partial charge in [-0.2, -0.15) is 0 Å². The summed E-state index contributed by atoms with van der Waals surface area (Å²) in [6, 6.07) is 13.4. The van der Waals surface area contributed by atoms with E-state index >= 15 is 0 Å². The minimum Gasteiger partial charge on any atom is -0.368 e. The van der Waals surface area contributed by atoms with Gasteiger partial charge in [-0.15, -0.1) is 0 Å². The summed E-state index contributed by atoms with van der Waals surface area (Å²) in [6.45, 7) is 8.03. The lowest BCUT2D eigenvalue weighted by Crippen LogP contribution is -2.46. The monoisotopic (exact) mass is 311 g/mol. The first-order valence-electron chi connectivity index (χ1n) is 7.86. The van der Waals surface area contributed by atoms with Crippen LogP contribution in [0.25, 0.3) is 0 Å². The second-order valence-electron chi connectivity index (χ2n) is 6.04. The molecule has 0 radical (unpaired) electrons. The topological polar surface area (TPSA) is 49.6 Å². The van der Waals surface area contributed by atoms with Gasteiger partial charge in [0.15, 0.2) is 0 Å². The normalized spacial score (nSPS) is 14.9. The van der Waals surface area contributed by atoms with Gasteiger partial charge in [0, 0.05) is 49.7 Å². The molecule has 0 atom stereocenters. The number of piperazine rings is 1. The van der Waals surface area contributed by atoms with Gasteiger partial charge in [0.2, 0.25) is 0 Å². The van der Waals surface area contributed by atoms with Gasteiger partial charge in [0.1, 0.15) is 0 Å². The molecule has 2 aromatic carbocycles. The molecule has 1 aliphatic rings. The maximum absolute atomic E-state index is 10.7. The van der Waals surface area contributed by atoms with Crippen LogP contribution >= 0.6 is 0 Å². The Balaban J connectivity index is 1.67. The third-order valence-electron chi connectivity index (χ3n) is 4.40. The van der Waals surface area contributed by atoms with Gasteiger partial charge in [-0.05, 0) is 37.6 Å². The Morgan fingerprint density at radius 1 is 0.913 bits per heavy atom. The number of anilines is 2. The Kier molecular flexibility index (Phi) is 4.19. The number of aryl methyl sites for hydroxylation is 2. The average molecular weight is 311 g/mol. The van der Waals surface area contributed by atoms with Gasteiger partial charge in [-0.25, -0.2) is 0 Å². The molecule has 5 nitrogen and oxygen atoms in total. The molecule has 0 aliphatic carbocycles. The van der Waals surface area contributed by atoms with Crippen molar-refractivity contribution in [3.8, 4) is 0 Å². The van der Waals surface area contributed by atoms with Crippen molar-refractivity contribution in [2.45, 2.75) is 13.8 Å². The van der Waals surface area contributed by atoms with Crippen molar-refractivity contribution < 1.29 is 4.92 Å². The van der Waals surface area contributed by atoms with E-state index in [9.17, 15) is 10.1 Å². The molecule has 0 amide bonds. The van der Waals surface area contributed by atoms with Crippen LogP contribution in [0.4, 0.5) is 17.1 Å². The molecule has 1 fully saturated rings. The summed E-state index contributed by atoms with van der Waals surface area (Å²) in [6.07, 6.45) is 0. The Bertz CT molecular complexity index is 705. The highest BCUT2D eigenvalue weighted by Gasteiger charge is 2.19. The number of rotatable bonds is 3. The van der Waals surface area contributed by atoms with Crippen LogP contribution in [0.1, 0.15) is 11.1 Å². The lowest BCUT2D eigenvalue weighted by Gasteiger charge is -2.38. The fraction of sp³-hybridized carbons (Fsp3) is 0.333. The molecule has 120 valence electrons. The second-order valence-corrected chi connectivity index (χ2v) is 6.04. The van der Waals surface area contributed by atoms with E-state index < -0.39 is 0 Å². The Morgan fingerprint density at radius 2 is 1.52 bits per heavy atom. The van der Waals surface area contributed by atoms with Gasteiger partial charge in [0.25, 0.3) is 5.69 Å². The van der Waals surface area contributed by atoms with Crippen molar-refractivity contribution in [3.05, 3.63) is 63.7 Å². The van der Waals surface area contributed by atoms with Crippen LogP contribution in [-0.4, -0.2) is 31.1 Å². The summed E-state index contributed by atoms with van der Waals surface area (Å²) in [5.74, 6) is 0. The predicted octanol–water partition coefficient (Wildman–Crippen LogP) is 3.54. The summed E-state index contributed by atoms with van der Waals surface area (Å²) in [7, 11) is 0. The number of nitro groups is 1. The van der Waals surface area contributed by atoms with Gasteiger partial charge in [0.05, 0.1) is 4.92 Å². The van der Waals surface area contributed by atoms with Crippen LogP contribution in [-0.2, 0) is 0 Å². The summed E-state index contributed by atoms with van der Waals surface area (Å²) < 4.78 is 0. The molecule has 1 saturated heterocycles. The molecule has 3 rings (SSSR count). The van der Waals surface area contributed by atoms with Crippen molar-refractivity contribution in [3.63, 3.8) is 0 Å². The molecule has 1 heterocycles. The molecule has 0 unspecified atom stereocenters. The van der Waals surface area contributed by atoms with Crippen molar-refractivity contribution >= 4 is 17.1 Å². The molecule has 0 bridgehead atoms. The highest BCUT2D eigenvalue weighted by atomic mass is 16.6. The number of hydrogen-bond acceptors (Lipinski definition) is 4. The van der Waals surface area contributed by atoms with Crippen LogP contribution in [0.15, 0.2) is 42.5 Å². The van der Waals surface area contributed by atoms with Crippen molar-refractivity contribution in [2.75, 3.05) is 36.0 Å². The lowest BCUT2D eigenvalue weighted by molar-refractivity contribution is -0.384. The first kappa shape index (κ1) is 15.3. The molecule has 0 saturated carbocycles. The quantitative estimate of drug-likeness (QED) is 0.642. The van der Waals surface area contributed by atoms with Crippen LogP contribution in [0, 0.1) is 24.0 Å². The standard InChI is InChI=1S/C18H21N3O2/c1-14-3-8-18(15(2)13-14)20-11-9-19(10-12-20)16-4-6-17(7-5-16)21(22)23/h3-8,13H,9-12H2,1-2H3. The van der Waals surface area contributed by atoms with E-state index in [-0.39, 0.29) is 10.6 Å². The molecule has 5 heteroatoms. The Hall–Kier alpha value is -2.56. The molecular formula is C18H21N3O2. The largest absolute Gasteiger partial charge is 0.368 e. The number of hydrogen-bond donors (Lipinski definition) is 0. The molecule has 0 spiro atoms. The number of non-ortho nitro benzene ring substituents is 1. The zero-order valence-corrected chi connectivity index (χ0v) is 13.5. The number of benzene rings is 2. The van der Waals surface area contributed by atoms with Gasteiger partial charge in [-0.1, -0.05) is 17.7 Å². The summed E-state index contributed by atoms with van der Waals surface area (Å²) in [4.78, 5) is 15.1. The van der Waals surface area contributed by atoms with Crippen molar-refractivity contribution in [1.82, 2.24) is 0 Å². The molecule has 23 heavy (non-hydrogen) atoms. The van der Waals surface area contributed by atoms with E-state index in [1.54, 1.807) is 12.1 Å². The van der Waals surface area contributed by atoms with Crippen LogP contribution in [0.2, 0.25) is 0 Å². The van der Waals surface area contributed by atoms with Crippen LogP contribution in [0.3, 0.4) is 0 Å². The first-order chi connectivity index (χ1) is 11.0. The van der Waals surface area contributed by atoms with E-state index in [0.717, 1.165) is 31.9 Å². The van der Waals surface area contributed by atoms with Crippen molar-refractivity contribution in [1.29, 1.82) is 0 Å². The highest BCUT2D eigenvalue weighted by molar-refractivity contribution is 5.57. The molecule has 0 N–H and O–H groups in total. The fourth-order valence-electron chi connectivity index (χ4n) is 3.15. The Labute approximate surface area is 136 Å². The minimum atomic E-state index is -0.359. The molecule has 1 aliphatic heterocycles. The second kappa shape index (κ2) is 6.28. The minimum absolute atomic E-state index is 0.141. The van der Waals surface area contributed by atoms with E-state index in [1.165, 1.54) is 16.8 Å². The third kappa shape index (κ3) is 3.28. The van der Waals surface area contributed by atoms with E-state index in [2.05, 4.69) is 41.8 Å². The SMILES string of the molecule is Cc1ccc(N2CCN(c3ccc([N+](=O)[O-])cc3)CC2)c(C)c1. The molecule has 0 aromatic heterocycles. The molecular weight excluding hydrogens is 290 g/mol. The maximum Gasteiger partial charge on any atom is 0.269 e. The molecule has 2 aromatic rings.